The summed E-state index contributed by atoms with van der Waals surface area (Å²) in [6.07, 6.45) is 0.399. The summed E-state index contributed by atoms with van der Waals surface area (Å²) in [5.41, 5.74) is 0.613. The molecule has 2 rings (SSSR count). The normalized spacial score (nSPS) is 18.3. The SMILES string of the molecule is COc1ccccc1N1CC(C(=O)N[C@H](CC(C)C)C(=O)O)CC1=O. The number of aliphatic carboxylic acids is 1. The van der Waals surface area contributed by atoms with Gasteiger partial charge in [-0.2, -0.15) is 0 Å². The van der Waals surface area contributed by atoms with Crippen LogP contribution >= 0.6 is 0 Å². The van der Waals surface area contributed by atoms with Crippen molar-refractivity contribution in [2.45, 2.75) is 32.7 Å². The smallest absolute Gasteiger partial charge is 0.326 e. The molecule has 7 heteroatoms. The predicted octanol–water partition coefficient (Wildman–Crippen LogP) is 1.66. The van der Waals surface area contributed by atoms with Crippen LogP contribution in [0.4, 0.5) is 5.69 Å². The molecule has 1 saturated heterocycles. The van der Waals surface area contributed by atoms with Gasteiger partial charge < -0.3 is 20.1 Å². The van der Waals surface area contributed by atoms with Crippen molar-refractivity contribution in [1.82, 2.24) is 5.32 Å². The molecule has 0 radical (unpaired) electrons. The summed E-state index contributed by atoms with van der Waals surface area (Å²) in [5.74, 6) is -1.53. The van der Waals surface area contributed by atoms with E-state index < -0.39 is 23.8 Å². The molecular formula is C18H24N2O5. The number of carbonyl (C=O) groups is 3. The van der Waals surface area contributed by atoms with Crippen molar-refractivity contribution in [3.63, 3.8) is 0 Å². The molecular weight excluding hydrogens is 324 g/mol. The van der Waals surface area contributed by atoms with Gasteiger partial charge in [-0.05, 0) is 24.5 Å². The molecule has 0 aromatic heterocycles. The molecule has 1 aromatic carbocycles. The Kier molecular flexibility index (Phi) is 6.01. The third-order valence-electron chi connectivity index (χ3n) is 4.19. The van der Waals surface area contributed by atoms with E-state index in [2.05, 4.69) is 5.32 Å². The molecule has 0 saturated carbocycles. The molecule has 1 aromatic rings. The van der Waals surface area contributed by atoms with Gasteiger partial charge in [0.2, 0.25) is 11.8 Å². The van der Waals surface area contributed by atoms with Gasteiger partial charge in [0, 0.05) is 13.0 Å². The molecule has 7 nitrogen and oxygen atoms in total. The lowest BCUT2D eigenvalue weighted by atomic mass is 10.0. The Morgan fingerprint density at radius 3 is 2.64 bits per heavy atom. The first kappa shape index (κ1) is 18.8. The second-order valence-electron chi connectivity index (χ2n) is 6.61. The van der Waals surface area contributed by atoms with Gasteiger partial charge in [-0.25, -0.2) is 4.79 Å². The van der Waals surface area contributed by atoms with Crippen molar-refractivity contribution in [2.75, 3.05) is 18.6 Å². The van der Waals surface area contributed by atoms with E-state index in [1.165, 1.54) is 12.0 Å². The number of hydrogen-bond acceptors (Lipinski definition) is 4. The molecule has 1 aliphatic heterocycles. The fourth-order valence-corrected chi connectivity index (χ4v) is 2.95. The number of methoxy groups -OCH3 is 1. The van der Waals surface area contributed by atoms with Crippen molar-refractivity contribution in [3.8, 4) is 5.75 Å². The molecule has 2 atom stereocenters. The number of amides is 2. The minimum Gasteiger partial charge on any atom is -0.495 e. The lowest BCUT2D eigenvalue weighted by Gasteiger charge is -2.20. The number of benzene rings is 1. The third kappa shape index (κ3) is 4.49. The maximum Gasteiger partial charge on any atom is 0.326 e. The highest BCUT2D eigenvalue weighted by Gasteiger charge is 2.37. The van der Waals surface area contributed by atoms with Crippen LogP contribution in [0.25, 0.3) is 0 Å². The molecule has 1 heterocycles. The first-order valence-electron chi connectivity index (χ1n) is 8.30. The zero-order valence-corrected chi connectivity index (χ0v) is 14.7. The highest BCUT2D eigenvalue weighted by Crippen LogP contribution is 2.32. The first-order chi connectivity index (χ1) is 11.8. The highest BCUT2D eigenvalue weighted by molar-refractivity contribution is 6.01. The second-order valence-corrected chi connectivity index (χ2v) is 6.61. The standard InChI is InChI=1S/C18H24N2O5/c1-11(2)8-13(18(23)24)19-17(22)12-9-16(21)20(10-12)14-6-4-5-7-15(14)25-3/h4-7,11-13H,8-10H2,1-3H3,(H,19,22)(H,23,24)/t12?,13-/m1/s1. The van der Waals surface area contributed by atoms with Gasteiger partial charge in [0.15, 0.2) is 0 Å². The Labute approximate surface area is 147 Å². The minimum absolute atomic E-state index is 0.0535. The molecule has 25 heavy (non-hydrogen) atoms. The minimum atomic E-state index is -1.06. The summed E-state index contributed by atoms with van der Waals surface area (Å²) in [4.78, 5) is 37.6. The van der Waals surface area contributed by atoms with Crippen LogP contribution < -0.4 is 15.0 Å². The molecule has 1 fully saturated rings. The molecule has 0 bridgehead atoms. The molecule has 1 aliphatic rings. The number of anilines is 1. The molecule has 1 unspecified atom stereocenters. The van der Waals surface area contributed by atoms with Gasteiger partial charge in [-0.15, -0.1) is 0 Å². The van der Waals surface area contributed by atoms with Gasteiger partial charge in [0.05, 0.1) is 18.7 Å². The van der Waals surface area contributed by atoms with Crippen LogP contribution in [0.3, 0.4) is 0 Å². The van der Waals surface area contributed by atoms with Crippen molar-refractivity contribution in [3.05, 3.63) is 24.3 Å². The first-order valence-corrected chi connectivity index (χ1v) is 8.30. The number of carboxylic acids is 1. The van der Waals surface area contributed by atoms with Crippen LogP contribution in [0.2, 0.25) is 0 Å². The van der Waals surface area contributed by atoms with Gasteiger partial charge in [0.1, 0.15) is 11.8 Å². The maximum absolute atomic E-state index is 12.4. The van der Waals surface area contributed by atoms with E-state index in [9.17, 15) is 19.5 Å². The lowest BCUT2D eigenvalue weighted by Crippen LogP contribution is -2.44. The summed E-state index contributed by atoms with van der Waals surface area (Å²) in [6, 6.07) is 6.16. The monoisotopic (exact) mass is 348 g/mol. The summed E-state index contributed by atoms with van der Waals surface area (Å²) in [7, 11) is 1.52. The Morgan fingerprint density at radius 1 is 1.36 bits per heavy atom. The summed E-state index contributed by atoms with van der Waals surface area (Å²) >= 11 is 0. The van der Waals surface area contributed by atoms with Crippen molar-refractivity contribution < 1.29 is 24.2 Å². The Balaban J connectivity index is 2.08. The Morgan fingerprint density at radius 2 is 2.04 bits per heavy atom. The van der Waals surface area contributed by atoms with Crippen molar-refractivity contribution >= 4 is 23.5 Å². The zero-order chi connectivity index (χ0) is 18.6. The Hall–Kier alpha value is -2.57. The van der Waals surface area contributed by atoms with Crippen LogP contribution in [0.1, 0.15) is 26.7 Å². The number of para-hydroxylation sites is 2. The van der Waals surface area contributed by atoms with E-state index in [-0.39, 0.29) is 24.8 Å². The van der Waals surface area contributed by atoms with E-state index in [1.54, 1.807) is 24.3 Å². The third-order valence-corrected chi connectivity index (χ3v) is 4.19. The van der Waals surface area contributed by atoms with E-state index >= 15 is 0 Å². The molecule has 0 spiro atoms. The molecule has 136 valence electrons. The summed E-state index contributed by atoms with van der Waals surface area (Å²) < 4.78 is 5.27. The average Bonchev–Trinajstić information content (AvgIpc) is 2.95. The summed E-state index contributed by atoms with van der Waals surface area (Å²) in [5, 5.41) is 11.8. The predicted molar refractivity (Wildman–Crippen MR) is 92.5 cm³/mol. The van der Waals surface area contributed by atoms with Gasteiger partial charge in [-0.1, -0.05) is 26.0 Å². The van der Waals surface area contributed by atoms with Crippen molar-refractivity contribution in [2.24, 2.45) is 11.8 Å². The van der Waals surface area contributed by atoms with Crippen LogP contribution in [-0.2, 0) is 14.4 Å². The molecule has 0 aliphatic carbocycles. The number of nitrogens with zero attached hydrogens (tertiary/aromatic N) is 1. The van der Waals surface area contributed by atoms with E-state index in [0.717, 1.165) is 0 Å². The highest BCUT2D eigenvalue weighted by atomic mass is 16.5. The van der Waals surface area contributed by atoms with Gasteiger partial charge >= 0.3 is 5.97 Å². The number of hydrogen-bond donors (Lipinski definition) is 2. The largest absolute Gasteiger partial charge is 0.495 e. The number of nitrogens with one attached hydrogen (secondary N) is 1. The number of ether oxygens (including phenoxy) is 1. The number of carbonyl (C=O) groups excluding carboxylic acids is 2. The van der Waals surface area contributed by atoms with E-state index in [4.69, 9.17) is 4.74 Å². The molecule has 2 amide bonds. The molecule has 2 N–H and O–H groups in total. The van der Waals surface area contributed by atoms with E-state index in [0.29, 0.717) is 17.9 Å². The average molecular weight is 348 g/mol. The zero-order valence-electron chi connectivity index (χ0n) is 14.7. The van der Waals surface area contributed by atoms with Gasteiger partial charge in [0.25, 0.3) is 0 Å². The number of carboxylic acid groups (broad SMARTS) is 1. The van der Waals surface area contributed by atoms with Gasteiger partial charge in [-0.3, -0.25) is 9.59 Å². The Bertz CT molecular complexity index is 659. The topological polar surface area (TPSA) is 95.9 Å². The van der Waals surface area contributed by atoms with Crippen LogP contribution in [-0.4, -0.2) is 42.6 Å². The fourth-order valence-electron chi connectivity index (χ4n) is 2.95. The second kappa shape index (κ2) is 8.00. The lowest BCUT2D eigenvalue weighted by molar-refractivity contribution is -0.142. The fraction of sp³-hybridized carbons (Fsp3) is 0.500. The van der Waals surface area contributed by atoms with E-state index in [1.807, 2.05) is 13.8 Å². The van der Waals surface area contributed by atoms with Crippen LogP contribution in [0, 0.1) is 11.8 Å². The summed E-state index contributed by atoms with van der Waals surface area (Å²) in [6.45, 7) is 3.99. The maximum atomic E-state index is 12.4. The number of rotatable bonds is 7. The quantitative estimate of drug-likeness (QED) is 0.781. The van der Waals surface area contributed by atoms with Crippen LogP contribution in [0.15, 0.2) is 24.3 Å². The van der Waals surface area contributed by atoms with Crippen LogP contribution in [0.5, 0.6) is 5.75 Å². The van der Waals surface area contributed by atoms with Crippen molar-refractivity contribution in [1.29, 1.82) is 0 Å².